The van der Waals surface area contributed by atoms with E-state index < -0.39 is 0 Å². The van der Waals surface area contributed by atoms with E-state index in [9.17, 15) is 4.79 Å². The predicted molar refractivity (Wildman–Crippen MR) is 84.2 cm³/mol. The fourth-order valence-electron chi connectivity index (χ4n) is 2.93. The number of hydrogen-bond donors (Lipinski definition) is 1. The van der Waals surface area contributed by atoms with Gasteiger partial charge < -0.3 is 10.1 Å². The van der Waals surface area contributed by atoms with Crippen molar-refractivity contribution in [1.82, 2.24) is 5.32 Å². The Morgan fingerprint density at radius 2 is 2.10 bits per heavy atom. The number of ketones is 1. The van der Waals surface area contributed by atoms with Crippen molar-refractivity contribution in [3.05, 3.63) is 28.2 Å². The van der Waals surface area contributed by atoms with Crippen molar-refractivity contribution in [2.45, 2.75) is 32.6 Å². The number of benzene rings is 1. The Bertz CT molecular complexity index is 481. The lowest BCUT2D eigenvalue weighted by atomic mass is 9.72. The average molecular weight is 340 g/mol. The number of carbonyl (C=O) groups is 1. The van der Waals surface area contributed by atoms with Gasteiger partial charge in [0.05, 0.1) is 11.6 Å². The fourth-order valence-corrected chi connectivity index (χ4v) is 3.52. The summed E-state index contributed by atoms with van der Waals surface area (Å²) in [4.78, 5) is 12.7. The predicted octanol–water partition coefficient (Wildman–Crippen LogP) is 3.35. The Morgan fingerprint density at radius 1 is 1.40 bits per heavy atom. The number of piperidine rings is 1. The molecule has 110 valence electrons. The molecule has 1 aromatic rings. The van der Waals surface area contributed by atoms with Gasteiger partial charge in [-0.15, -0.1) is 0 Å². The minimum Gasteiger partial charge on any atom is -0.496 e. The topological polar surface area (TPSA) is 38.3 Å². The molecule has 1 aromatic carbocycles. The third-order valence-corrected chi connectivity index (χ3v) is 5.03. The molecule has 0 amide bonds. The molecule has 0 unspecified atom stereocenters. The number of rotatable bonds is 5. The normalized spacial score (nSPS) is 17.8. The molecular weight excluding hydrogens is 318 g/mol. The van der Waals surface area contributed by atoms with Crippen LogP contribution in [-0.2, 0) is 11.2 Å². The Balaban J connectivity index is 2.12. The van der Waals surface area contributed by atoms with Crippen molar-refractivity contribution in [3.63, 3.8) is 0 Å². The molecule has 0 atom stereocenters. The first-order chi connectivity index (χ1) is 9.61. The maximum atomic E-state index is 12.7. The van der Waals surface area contributed by atoms with E-state index in [1.54, 1.807) is 7.11 Å². The second-order valence-corrected chi connectivity index (χ2v) is 6.31. The van der Waals surface area contributed by atoms with Gasteiger partial charge in [-0.25, -0.2) is 0 Å². The van der Waals surface area contributed by atoms with Crippen LogP contribution >= 0.6 is 15.9 Å². The number of halogens is 1. The lowest BCUT2D eigenvalue weighted by molar-refractivity contribution is -0.129. The quantitative estimate of drug-likeness (QED) is 0.893. The van der Waals surface area contributed by atoms with Crippen LogP contribution in [0.15, 0.2) is 22.7 Å². The molecule has 20 heavy (non-hydrogen) atoms. The first-order valence-corrected chi connectivity index (χ1v) is 7.97. The third kappa shape index (κ3) is 3.23. The largest absolute Gasteiger partial charge is 0.496 e. The summed E-state index contributed by atoms with van der Waals surface area (Å²) in [5.41, 5.74) is 0.923. The molecule has 0 aromatic heterocycles. The van der Waals surface area contributed by atoms with Gasteiger partial charge in [0.25, 0.3) is 0 Å². The molecule has 0 bridgehead atoms. The average Bonchev–Trinajstić information content (AvgIpc) is 2.48. The summed E-state index contributed by atoms with van der Waals surface area (Å²) in [5.74, 6) is 1.17. The van der Waals surface area contributed by atoms with Crippen molar-refractivity contribution in [1.29, 1.82) is 0 Å². The van der Waals surface area contributed by atoms with Gasteiger partial charge in [-0.2, -0.15) is 0 Å². The van der Waals surface area contributed by atoms with Crippen LogP contribution in [0.2, 0.25) is 0 Å². The van der Waals surface area contributed by atoms with Crippen LogP contribution in [0.4, 0.5) is 0 Å². The molecule has 1 N–H and O–H groups in total. The summed E-state index contributed by atoms with van der Waals surface area (Å²) in [6, 6.07) is 5.88. The van der Waals surface area contributed by atoms with Crippen molar-refractivity contribution in [2.75, 3.05) is 20.2 Å². The molecule has 0 aliphatic carbocycles. The van der Waals surface area contributed by atoms with E-state index in [4.69, 9.17) is 4.74 Å². The lowest BCUT2D eigenvalue weighted by Crippen LogP contribution is -2.42. The summed E-state index contributed by atoms with van der Waals surface area (Å²) in [6.45, 7) is 4.03. The van der Waals surface area contributed by atoms with Crippen LogP contribution in [0.25, 0.3) is 0 Å². The number of Topliss-reactive ketones (excluding diaryl/α,β-unsaturated/α-hetero) is 1. The van der Waals surface area contributed by atoms with Gasteiger partial charge in [-0.1, -0.05) is 13.0 Å². The van der Waals surface area contributed by atoms with E-state index >= 15 is 0 Å². The number of ether oxygens (including phenoxy) is 1. The summed E-state index contributed by atoms with van der Waals surface area (Å²) in [5, 5.41) is 3.34. The third-order valence-electron chi connectivity index (χ3n) is 4.41. The molecule has 2 rings (SSSR count). The molecule has 1 aliphatic rings. The van der Waals surface area contributed by atoms with E-state index in [0.717, 1.165) is 48.1 Å². The van der Waals surface area contributed by atoms with Gasteiger partial charge in [0, 0.05) is 11.8 Å². The SMILES string of the molecule is CCC1(C(=O)Cc2ccc(OC)c(Br)c2)CCNCC1. The van der Waals surface area contributed by atoms with E-state index in [1.165, 1.54) is 0 Å². The highest BCUT2D eigenvalue weighted by Gasteiger charge is 2.36. The Kier molecular flexibility index (Phi) is 5.22. The minimum atomic E-state index is -0.127. The van der Waals surface area contributed by atoms with Crippen LogP contribution in [0.5, 0.6) is 5.75 Å². The van der Waals surface area contributed by atoms with E-state index in [0.29, 0.717) is 12.2 Å². The summed E-state index contributed by atoms with van der Waals surface area (Å²) >= 11 is 3.48. The Hall–Kier alpha value is -0.870. The molecule has 0 spiro atoms. The molecule has 3 nitrogen and oxygen atoms in total. The lowest BCUT2D eigenvalue weighted by Gasteiger charge is -2.35. The Labute approximate surface area is 129 Å². The molecule has 0 radical (unpaired) electrons. The summed E-state index contributed by atoms with van der Waals surface area (Å²) in [7, 11) is 1.64. The molecule has 1 saturated heterocycles. The van der Waals surface area contributed by atoms with Crippen LogP contribution in [0.3, 0.4) is 0 Å². The van der Waals surface area contributed by atoms with Gasteiger partial charge in [0.1, 0.15) is 11.5 Å². The van der Waals surface area contributed by atoms with Crippen molar-refractivity contribution in [3.8, 4) is 5.75 Å². The first-order valence-electron chi connectivity index (χ1n) is 7.18. The molecule has 1 fully saturated rings. The monoisotopic (exact) mass is 339 g/mol. The van der Waals surface area contributed by atoms with E-state index in [1.807, 2.05) is 18.2 Å². The van der Waals surface area contributed by atoms with E-state index in [-0.39, 0.29) is 5.41 Å². The van der Waals surface area contributed by atoms with E-state index in [2.05, 4.69) is 28.2 Å². The van der Waals surface area contributed by atoms with Gasteiger partial charge in [-0.05, 0) is 66.0 Å². The summed E-state index contributed by atoms with van der Waals surface area (Å²) < 4.78 is 6.13. The second kappa shape index (κ2) is 6.72. The van der Waals surface area contributed by atoms with Gasteiger partial charge in [0.15, 0.2) is 0 Å². The standard InChI is InChI=1S/C16H22BrNO2/c1-3-16(6-8-18-9-7-16)15(19)11-12-4-5-14(20-2)13(17)10-12/h4-5,10,18H,3,6-9,11H2,1-2H3. The zero-order chi connectivity index (χ0) is 14.6. The van der Waals surface area contributed by atoms with Crippen molar-refractivity contribution in [2.24, 2.45) is 5.41 Å². The number of nitrogens with one attached hydrogen (secondary N) is 1. The van der Waals surface area contributed by atoms with Gasteiger partial charge in [0.2, 0.25) is 0 Å². The molecule has 0 saturated carbocycles. The zero-order valence-electron chi connectivity index (χ0n) is 12.2. The highest BCUT2D eigenvalue weighted by Crippen LogP contribution is 2.35. The Morgan fingerprint density at radius 3 is 2.65 bits per heavy atom. The molecular formula is C16H22BrNO2. The fraction of sp³-hybridized carbons (Fsp3) is 0.562. The first kappa shape index (κ1) is 15.5. The van der Waals surface area contributed by atoms with Gasteiger partial charge >= 0.3 is 0 Å². The minimum absolute atomic E-state index is 0.127. The maximum absolute atomic E-state index is 12.7. The maximum Gasteiger partial charge on any atom is 0.143 e. The zero-order valence-corrected chi connectivity index (χ0v) is 13.8. The second-order valence-electron chi connectivity index (χ2n) is 5.45. The highest BCUT2D eigenvalue weighted by molar-refractivity contribution is 9.10. The van der Waals surface area contributed by atoms with Crippen LogP contribution in [-0.4, -0.2) is 26.0 Å². The smallest absolute Gasteiger partial charge is 0.143 e. The molecule has 1 aliphatic heterocycles. The number of hydrogen-bond acceptors (Lipinski definition) is 3. The van der Waals surface area contributed by atoms with Crippen LogP contribution < -0.4 is 10.1 Å². The molecule has 1 heterocycles. The number of methoxy groups -OCH3 is 1. The van der Waals surface area contributed by atoms with Crippen molar-refractivity contribution >= 4 is 21.7 Å². The van der Waals surface area contributed by atoms with Crippen LogP contribution in [0.1, 0.15) is 31.7 Å². The highest BCUT2D eigenvalue weighted by atomic mass is 79.9. The van der Waals surface area contributed by atoms with Crippen LogP contribution in [0, 0.1) is 5.41 Å². The summed E-state index contributed by atoms with van der Waals surface area (Å²) in [6.07, 6.45) is 3.36. The van der Waals surface area contributed by atoms with Gasteiger partial charge in [-0.3, -0.25) is 4.79 Å². The van der Waals surface area contributed by atoms with Crippen molar-refractivity contribution < 1.29 is 9.53 Å². The number of carbonyl (C=O) groups excluding carboxylic acids is 1. The molecule has 4 heteroatoms.